The summed E-state index contributed by atoms with van der Waals surface area (Å²) in [6, 6.07) is 7.89. The molecule has 0 aliphatic heterocycles. The first-order chi connectivity index (χ1) is 16.7. The molecule has 36 heavy (non-hydrogen) atoms. The van der Waals surface area contributed by atoms with E-state index in [4.69, 9.17) is 4.74 Å². The molecule has 1 saturated carbocycles. The Kier molecular flexibility index (Phi) is 10.4. The van der Waals surface area contributed by atoms with Gasteiger partial charge in [0.05, 0.1) is 0 Å². The SMILES string of the molecule is CC(C)CC(NC(=O)OC(C)(C)C)C(=O)N(C(C(=O)NC1CCCCC1)c1ccccc1)C(C)(C)C. The van der Waals surface area contributed by atoms with Crippen LogP contribution in [0.1, 0.15) is 106 Å². The smallest absolute Gasteiger partial charge is 0.408 e. The summed E-state index contributed by atoms with van der Waals surface area (Å²) in [5.74, 6) is -0.339. The number of ether oxygens (including phenoxy) is 1. The highest BCUT2D eigenvalue weighted by Gasteiger charge is 2.42. The topological polar surface area (TPSA) is 87.7 Å². The van der Waals surface area contributed by atoms with Crippen LogP contribution in [0.3, 0.4) is 0 Å². The lowest BCUT2D eigenvalue weighted by Crippen LogP contribution is -2.59. The first-order valence-electron chi connectivity index (χ1n) is 13.4. The predicted molar refractivity (Wildman–Crippen MR) is 143 cm³/mol. The highest BCUT2D eigenvalue weighted by atomic mass is 16.6. The lowest BCUT2D eigenvalue weighted by molar-refractivity contribution is -0.149. The third kappa shape index (κ3) is 9.14. The van der Waals surface area contributed by atoms with Crippen LogP contribution in [0.2, 0.25) is 0 Å². The van der Waals surface area contributed by atoms with Crippen LogP contribution in [0.25, 0.3) is 0 Å². The Morgan fingerprint density at radius 3 is 2.06 bits per heavy atom. The molecule has 0 aromatic heterocycles. The summed E-state index contributed by atoms with van der Waals surface area (Å²) in [6.45, 7) is 15.1. The summed E-state index contributed by atoms with van der Waals surface area (Å²) in [6.07, 6.45) is 5.07. The van der Waals surface area contributed by atoms with E-state index in [0.29, 0.717) is 6.42 Å². The maximum atomic E-state index is 14.2. The monoisotopic (exact) mass is 501 g/mol. The van der Waals surface area contributed by atoms with Gasteiger partial charge in [0.1, 0.15) is 17.7 Å². The van der Waals surface area contributed by atoms with Gasteiger partial charge >= 0.3 is 6.09 Å². The van der Waals surface area contributed by atoms with E-state index in [1.807, 2.05) is 65.0 Å². The van der Waals surface area contributed by atoms with E-state index in [9.17, 15) is 14.4 Å². The van der Waals surface area contributed by atoms with Gasteiger partial charge < -0.3 is 20.3 Å². The third-order valence-electron chi connectivity index (χ3n) is 6.23. The number of alkyl carbamates (subject to hydrolysis) is 1. The molecule has 2 unspecified atom stereocenters. The van der Waals surface area contributed by atoms with Gasteiger partial charge in [-0.3, -0.25) is 9.59 Å². The molecular formula is C29H47N3O4. The zero-order chi connectivity index (χ0) is 27.1. The fourth-order valence-corrected chi connectivity index (χ4v) is 4.74. The van der Waals surface area contributed by atoms with Crippen LogP contribution in [-0.2, 0) is 14.3 Å². The van der Waals surface area contributed by atoms with E-state index in [1.54, 1.807) is 25.7 Å². The average molecular weight is 502 g/mol. The lowest BCUT2D eigenvalue weighted by Gasteiger charge is -2.43. The molecule has 0 saturated heterocycles. The van der Waals surface area contributed by atoms with Gasteiger partial charge in [0.15, 0.2) is 0 Å². The van der Waals surface area contributed by atoms with Gasteiger partial charge in [-0.05, 0) is 72.3 Å². The Hall–Kier alpha value is -2.57. The van der Waals surface area contributed by atoms with Gasteiger partial charge in [-0.1, -0.05) is 63.4 Å². The van der Waals surface area contributed by atoms with Crippen LogP contribution in [0.15, 0.2) is 30.3 Å². The maximum Gasteiger partial charge on any atom is 0.408 e. The molecule has 1 aromatic rings. The number of carbonyl (C=O) groups is 3. The summed E-state index contributed by atoms with van der Waals surface area (Å²) >= 11 is 0. The maximum absolute atomic E-state index is 14.2. The largest absolute Gasteiger partial charge is 0.444 e. The molecule has 7 heteroatoms. The normalized spacial score (nSPS) is 16.7. The van der Waals surface area contributed by atoms with E-state index in [1.165, 1.54) is 6.42 Å². The number of hydrogen-bond acceptors (Lipinski definition) is 4. The number of rotatable bonds is 8. The van der Waals surface area contributed by atoms with Crippen molar-refractivity contribution >= 4 is 17.9 Å². The second-order valence-electron chi connectivity index (χ2n) is 12.4. The zero-order valence-electron chi connectivity index (χ0n) is 23.5. The van der Waals surface area contributed by atoms with Crippen LogP contribution in [0.4, 0.5) is 4.79 Å². The molecular weight excluding hydrogens is 454 g/mol. The molecule has 1 aliphatic rings. The summed E-state index contributed by atoms with van der Waals surface area (Å²) in [4.78, 5) is 42.4. The van der Waals surface area contributed by atoms with Gasteiger partial charge in [0, 0.05) is 11.6 Å². The summed E-state index contributed by atoms with van der Waals surface area (Å²) < 4.78 is 5.46. The van der Waals surface area contributed by atoms with Crippen molar-refractivity contribution in [1.82, 2.24) is 15.5 Å². The minimum absolute atomic E-state index is 0.112. The predicted octanol–water partition coefficient (Wildman–Crippen LogP) is 5.74. The van der Waals surface area contributed by atoms with Gasteiger partial charge in [-0.2, -0.15) is 0 Å². The minimum Gasteiger partial charge on any atom is -0.444 e. The van der Waals surface area contributed by atoms with Gasteiger partial charge in [-0.15, -0.1) is 0 Å². The first kappa shape index (κ1) is 29.7. The molecule has 1 fully saturated rings. The Balaban J connectivity index is 2.46. The number of amides is 3. The number of nitrogens with zero attached hydrogens (tertiary/aromatic N) is 1. The lowest BCUT2D eigenvalue weighted by atomic mass is 9.92. The highest BCUT2D eigenvalue weighted by Crippen LogP contribution is 2.31. The Morgan fingerprint density at radius 2 is 1.56 bits per heavy atom. The first-order valence-corrected chi connectivity index (χ1v) is 13.4. The van der Waals surface area contributed by atoms with Crippen molar-refractivity contribution in [3.05, 3.63) is 35.9 Å². The van der Waals surface area contributed by atoms with E-state index in [2.05, 4.69) is 10.6 Å². The van der Waals surface area contributed by atoms with Crippen LogP contribution in [0, 0.1) is 5.92 Å². The molecule has 1 aliphatic carbocycles. The fraction of sp³-hybridized carbons (Fsp3) is 0.690. The van der Waals surface area contributed by atoms with Crippen molar-refractivity contribution in [2.75, 3.05) is 0 Å². The quantitative estimate of drug-likeness (QED) is 0.475. The molecule has 0 spiro atoms. The molecule has 202 valence electrons. The fourth-order valence-electron chi connectivity index (χ4n) is 4.74. The molecule has 2 atom stereocenters. The molecule has 0 bridgehead atoms. The van der Waals surface area contributed by atoms with E-state index >= 15 is 0 Å². The standard InChI is InChI=1S/C29H47N3O4/c1-20(2)19-23(31-27(35)36-29(6,7)8)26(34)32(28(3,4)5)24(21-15-11-9-12-16-21)25(33)30-22-17-13-10-14-18-22/h9,11-12,15-16,20,22-24H,10,13-14,17-19H2,1-8H3,(H,30,33)(H,31,35). The van der Waals surface area contributed by atoms with Crippen molar-refractivity contribution in [2.45, 2.75) is 123 Å². The molecule has 1 aromatic carbocycles. The van der Waals surface area contributed by atoms with Crippen LogP contribution in [-0.4, -0.2) is 46.0 Å². The Morgan fingerprint density at radius 1 is 0.972 bits per heavy atom. The Bertz CT molecular complexity index is 865. The molecule has 0 radical (unpaired) electrons. The van der Waals surface area contributed by atoms with Crippen LogP contribution < -0.4 is 10.6 Å². The van der Waals surface area contributed by atoms with E-state index < -0.39 is 29.3 Å². The third-order valence-corrected chi connectivity index (χ3v) is 6.23. The summed E-state index contributed by atoms with van der Waals surface area (Å²) in [5, 5.41) is 6.03. The summed E-state index contributed by atoms with van der Waals surface area (Å²) in [5.41, 5.74) is -0.632. The van der Waals surface area contributed by atoms with Crippen molar-refractivity contribution < 1.29 is 19.1 Å². The molecule has 3 amide bonds. The second kappa shape index (κ2) is 12.6. The number of carbonyl (C=O) groups excluding carboxylic acids is 3. The number of hydrogen-bond donors (Lipinski definition) is 2. The summed E-state index contributed by atoms with van der Waals surface area (Å²) in [7, 11) is 0. The van der Waals surface area contributed by atoms with Crippen LogP contribution in [0.5, 0.6) is 0 Å². The molecule has 2 N–H and O–H groups in total. The van der Waals surface area contributed by atoms with Crippen molar-refractivity contribution in [3.63, 3.8) is 0 Å². The van der Waals surface area contributed by atoms with Crippen LogP contribution >= 0.6 is 0 Å². The van der Waals surface area contributed by atoms with E-state index in [0.717, 1.165) is 31.2 Å². The van der Waals surface area contributed by atoms with Crippen molar-refractivity contribution in [3.8, 4) is 0 Å². The van der Waals surface area contributed by atoms with Gasteiger partial charge in [-0.25, -0.2) is 4.79 Å². The van der Waals surface area contributed by atoms with Crippen molar-refractivity contribution in [2.24, 2.45) is 5.92 Å². The highest BCUT2D eigenvalue weighted by molar-refractivity contribution is 5.92. The zero-order valence-corrected chi connectivity index (χ0v) is 23.5. The molecule has 2 rings (SSSR count). The van der Waals surface area contributed by atoms with Gasteiger partial charge in [0.25, 0.3) is 0 Å². The minimum atomic E-state index is -0.826. The van der Waals surface area contributed by atoms with Gasteiger partial charge in [0.2, 0.25) is 11.8 Å². The molecule has 7 nitrogen and oxygen atoms in total. The number of nitrogens with one attached hydrogen (secondary N) is 2. The number of benzene rings is 1. The van der Waals surface area contributed by atoms with Crippen molar-refractivity contribution in [1.29, 1.82) is 0 Å². The van der Waals surface area contributed by atoms with E-state index in [-0.39, 0.29) is 23.8 Å². The Labute approximate surface area is 217 Å². The molecule has 0 heterocycles. The average Bonchev–Trinajstić information content (AvgIpc) is 2.75. The second-order valence-corrected chi connectivity index (χ2v) is 12.4.